The second kappa shape index (κ2) is 6.75. The number of aryl methyl sites for hydroxylation is 1. The van der Waals surface area contributed by atoms with Gasteiger partial charge in [-0.15, -0.1) is 0 Å². The van der Waals surface area contributed by atoms with E-state index in [9.17, 15) is 9.90 Å². The number of rotatable bonds is 4. The normalized spacial score (nSPS) is 16.1. The third-order valence-corrected chi connectivity index (χ3v) is 4.11. The Hall–Kier alpha value is -1.55. The van der Waals surface area contributed by atoms with E-state index in [1.807, 2.05) is 11.0 Å². The molecule has 0 heterocycles. The van der Waals surface area contributed by atoms with Crippen LogP contribution in [0.15, 0.2) is 18.2 Å². The summed E-state index contributed by atoms with van der Waals surface area (Å²) in [6.45, 7) is 2.81. The molecule has 0 atom stereocenters. The third kappa shape index (κ3) is 3.12. The number of nitrogens with two attached hydrogens (primary N) is 1. The molecule has 0 spiro atoms. The van der Waals surface area contributed by atoms with Gasteiger partial charge in [-0.3, -0.25) is 4.79 Å². The van der Waals surface area contributed by atoms with Gasteiger partial charge < -0.3 is 15.7 Å². The number of para-hydroxylation sites is 1. The van der Waals surface area contributed by atoms with Crippen LogP contribution >= 0.6 is 0 Å². The zero-order valence-electron chi connectivity index (χ0n) is 12.1. The second-order valence-electron chi connectivity index (χ2n) is 5.55. The molecule has 1 aliphatic carbocycles. The Balaban J connectivity index is 2.23. The molecule has 0 unspecified atom stereocenters. The van der Waals surface area contributed by atoms with Crippen LogP contribution < -0.4 is 5.73 Å². The van der Waals surface area contributed by atoms with Crippen LogP contribution in [0.2, 0.25) is 0 Å². The SMILES string of the molecule is Cc1cccc(C(=O)N(CCN)C2CCCCC2)c1O. The van der Waals surface area contributed by atoms with Gasteiger partial charge >= 0.3 is 0 Å². The molecule has 0 bridgehead atoms. The summed E-state index contributed by atoms with van der Waals surface area (Å²) in [6, 6.07) is 5.57. The third-order valence-electron chi connectivity index (χ3n) is 4.11. The van der Waals surface area contributed by atoms with Crippen LogP contribution in [0, 0.1) is 6.92 Å². The summed E-state index contributed by atoms with van der Waals surface area (Å²) in [4.78, 5) is 14.6. The highest BCUT2D eigenvalue weighted by molar-refractivity contribution is 5.97. The van der Waals surface area contributed by atoms with Gasteiger partial charge in [0.05, 0.1) is 5.56 Å². The second-order valence-corrected chi connectivity index (χ2v) is 5.55. The lowest BCUT2D eigenvalue weighted by atomic mass is 9.93. The number of amides is 1. The van der Waals surface area contributed by atoms with Gasteiger partial charge in [-0.1, -0.05) is 31.4 Å². The van der Waals surface area contributed by atoms with Crippen LogP contribution in [0.1, 0.15) is 48.0 Å². The van der Waals surface area contributed by atoms with E-state index in [0.717, 1.165) is 18.4 Å². The molecule has 20 heavy (non-hydrogen) atoms. The topological polar surface area (TPSA) is 66.6 Å². The summed E-state index contributed by atoms with van der Waals surface area (Å²) >= 11 is 0. The number of phenolic OH excluding ortho intramolecular Hbond substituents is 1. The first-order valence-electron chi connectivity index (χ1n) is 7.44. The van der Waals surface area contributed by atoms with Crippen molar-refractivity contribution >= 4 is 5.91 Å². The summed E-state index contributed by atoms with van der Waals surface area (Å²) in [7, 11) is 0. The predicted molar refractivity (Wildman–Crippen MR) is 79.8 cm³/mol. The number of phenols is 1. The molecular formula is C16H24N2O2. The zero-order chi connectivity index (χ0) is 14.5. The fraction of sp³-hybridized carbons (Fsp3) is 0.562. The molecule has 0 radical (unpaired) electrons. The Labute approximate surface area is 120 Å². The molecular weight excluding hydrogens is 252 g/mol. The highest BCUT2D eigenvalue weighted by Crippen LogP contribution is 2.27. The van der Waals surface area contributed by atoms with Gasteiger partial charge in [0.2, 0.25) is 0 Å². The Morgan fingerprint density at radius 3 is 2.70 bits per heavy atom. The summed E-state index contributed by atoms with van der Waals surface area (Å²) < 4.78 is 0. The van der Waals surface area contributed by atoms with E-state index in [1.165, 1.54) is 19.3 Å². The maximum atomic E-state index is 12.7. The van der Waals surface area contributed by atoms with Crippen molar-refractivity contribution in [2.75, 3.05) is 13.1 Å². The van der Waals surface area contributed by atoms with Crippen molar-refractivity contribution in [2.24, 2.45) is 5.73 Å². The number of benzene rings is 1. The summed E-state index contributed by atoms with van der Waals surface area (Å²) in [5.41, 5.74) is 6.79. The van der Waals surface area contributed by atoms with Gasteiger partial charge in [-0.2, -0.15) is 0 Å². The van der Waals surface area contributed by atoms with E-state index >= 15 is 0 Å². The van der Waals surface area contributed by atoms with Gasteiger partial charge in [0.15, 0.2) is 0 Å². The Bertz CT molecular complexity index is 468. The highest BCUT2D eigenvalue weighted by Gasteiger charge is 2.27. The van der Waals surface area contributed by atoms with E-state index in [1.54, 1.807) is 19.1 Å². The van der Waals surface area contributed by atoms with Crippen LogP contribution in [-0.2, 0) is 0 Å². The molecule has 1 aliphatic rings. The molecule has 4 nitrogen and oxygen atoms in total. The van der Waals surface area contributed by atoms with Crippen LogP contribution in [0.5, 0.6) is 5.75 Å². The molecule has 1 fully saturated rings. The Morgan fingerprint density at radius 1 is 1.35 bits per heavy atom. The van der Waals surface area contributed by atoms with Crippen molar-refractivity contribution in [1.82, 2.24) is 4.90 Å². The lowest BCUT2D eigenvalue weighted by Crippen LogP contribution is -2.44. The number of hydrogen-bond donors (Lipinski definition) is 2. The Kier molecular flexibility index (Phi) is 5.01. The summed E-state index contributed by atoms with van der Waals surface area (Å²) in [5.74, 6) is -0.00104. The average molecular weight is 276 g/mol. The van der Waals surface area contributed by atoms with Crippen molar-refractivity contribution in [1.29, 1.82) is 0 Å². The molecule has 0 aromatic heterocycles. The van der Waals surface area contributed by atoms with E-state index in [4.69, 9.17) is 5.73 Å². The molecule has 2 rings (SSSR count). The minimum absolute atomic E-state index is 0.0929. The van der Waals surface area contributed by atoms with Gasteiger partial charge in [-0.05, 0) is 31.4 Å². The first-order chi connectivity index (χ1) is 9.65. The van der Waals surface area contributed by atoms with Gasteiger partial charge in [0.25, 0.3) is 5.91 Å². The highest BCUT2D eigenvalue weighted by atomic mass is 16.3. The van der Waals surface area contributed by atoms with Crippen molar-refractivity contribution in [2.45, 2.75) is 45.1 Å². The fourth-order valence-electron chi connectivity index (χ4n) is 2.97. The van der Waals surface area contributed by atoms with Crippen LogP contribution in [0.4, 0.5) is 0 Å². The lowest BCUT2D eigenvalue weighted by molar-refractivity contribution is 0.0638. The van der Waals surface area contributed by atoms with Crippen molar-refractivity contribution in [3.05, 3.63) is 29.3 Å². The summed E-state index contributed by atoms with van der Waals surface area (Å²) in [5, 5.41) is 10.1. The van der Waals surface area contributed by atoms with Gasteiger partial charge in [-0.25, -0.2) is 0 Å². The first kappa shape index (κ1) is 14.9. The smallest absolute Gasteiger partial charge is 0.257 e. The molecule has 3 N–H and O–H groups in total. The van der Waals surface area contributed by atoms with Crippen molar-refractivity contribution < 1.29 is 9.90 Å². The zero-order valence-corrected chi connectivity index (χ0v) is 12.1. The molecule has 0 saturated heterocycles. The average Bonchev–Trinajstić information content (AvgIpc) is 2.48. The minimum Gasteiger partial charge on any atom is -0.507 e. The quantitative estimate of drug-likeness (QED) is 0.887. The van der Waals surface area contributed by atoms with Crippen molar-refractivity contribution in [3.63, 3.8) is 0 Å². The molecule has 0 aliphatic heterocycles. The number of aromatic hydroxyl groups is 1. The van der Waals surface area contributed by atoms with Crippen LogP contribution in [0.25, 0.3) is 0 Å². The number of carbonyl (C=O) groups excluding carboxylic acids is 1. The van der Waals surface area contributed by atoms with Crippen molar-refractivity contribution in [3.8, 4) is 5.75 Å². The van der Waals surface area contributed by atoms with Crippen LogP contribution in [0.3, 0.4) is 0 Å². The monoisotopic (exact) mass is 276 g/mol. The number of carbonyl (C=O) groups is 1. The van der Waals surface area contributed by atoms with Gasteiger partial charge in [0, 0.05) is 19.1 Å². The maximum Gasteiger partial charge on any atom is 0.257 e. The van der Waals surface area contributed by atoms with Crippen LogP contribution in [-0.4, -0.2) is 35.0 Å². The van der Waals surface area contributed by atoms with E-state index < -0.39 is 0 Å². The fourth-order valence-corrected chi connectivity index (χ4v) is 2.97. The molecule has 1 aromatic rings. The number of nitrogens with zero attached hydrogens (tertiary/aromatic N) is 1. The maximum absolute atomic E-state index is 12.7. The Morgan fingerprint density at radius 2 is 2.05 bits per heavy atom. The molecule has 4 heteroatoms. The minimum atomic E-state index is -0.0939. The first-order valence-corrected chi connectivity index (χ1v) is 7.44. The van der Waals surface area contributed by atoms with E-state index in [2.05, 4.69) is 0 Å². The van der Waals surface area contributed by atoms with E-state index in [-0.39, 0.29) is 17.7 Å². The largest absolute Gasteiger partial charge is 0.507 e. The van der Waals surface area contributed by atoms with E-state index in [0.29, 0.717) is 18.7 Å². The standard InChI is InChI=1S/C16H24N2O2/c1-12-6-5-9-14(15(12)19)16(20)18(11-10-17)13-7-3-2-4-8-13/h5-6,9,13,19H,2-4,7-8,10-11,17H2,1H3. The molecule has 1 amide bonds. The molecule has 1 aromatic carbocycles. The molecule has 110 valence electrons. The molecule has 1 saturated carbocycles. The predicted octanol–water partition coefficient (Wildman–Crippen LogP) is 2.43. The summed E-state index contributed by atoms with van der Waals surface area (Å²) in [6.07, 6.45) is 5.66. The number of hydrogen-bond acceptors (Lipinski definition) is 3. The van der Waals surface area contributed by atoms with Gasteiger partial charge in [0.1, 0.15) is 5.75 Å². The lowest BCUT2D eigenvalue weighted by Gasteiger charge is -2.34.